The van der Waals surface area contributed by atoms with Crippen molar-refractivity contribution in [2.45, 2.75) is 26.9 Å². The van der Waals surface area contributed by atoms with Gasteiger partial charge in [-0.2, -0.15) is 18.3 Å². The first-order valence-corrected chi connectivity index (χ1v) is 13.7. The van der Waals surface area contributed by atoms with Crippen LogP contribution in [0.4, 0.5) is 30.2 Å². The second-order valence-electron chi connectivity index (χ2n) is 10.1. The lowest BCUT2D eigenvalue weighted by Crippen LogP contribution is -2.46. The lowest BCUT2D eigenvalue weighted by Gasteiger charge is -2.36. The quantitative estimate of drug-likeness (QED) is 0.377. The van der Waals surface area contributed by atoms with Crippen molar-refractivity contribution in [1.29, 1.82) is 0 Å². The summed E-state index contributed by atoms with van der Waals surface area (Å²) in [4.78, 5) is 17.3. The van der Waals surface area contributed by atoms with Gasteiger partial charge >= 0.3 is 6.18 Å². The van der Waals surface area contributed by atoms with Crippen LogP contribution in [0, 0.1) is 13.8 Å². The zero-order valence-corrected chi connectivity index (χ0v) is 24.0. The van der Waals surface area contributed by atoms with Crippen LogP contribution in [0.2, 0.25) is 5.02 Å². The van der Waals surface area contributed by atoms with E-state index < -0.39 is 22.7 Å². The third kappa shape index (κ3) is 5.85. The molecule has 0 saturated carbocycles. The third-order valence-corrected chi connectivity index (χ3v) is 8.00. The van der Waals surface area contributed by atoms with Gasteiger partial charge in [0.2, 0.25) is 0 Å². The van der Waals surface area contributed by atoms with Crippen molar-refractivity contribution in [2.75, 3.05) is 47.9 Å². The highest BCUT2D eigenvalue weighted by molar-refractivity contribution is 6.34. The summed E-state index contributed by atoms with van der Waals surface area (Å²) < 4.78 is 43.7. The van der Waals surface area contributed by atoms with Crippen LogP contribution >= 0.6 is 11.6 Å². The van der Waals surface area contributed by atoms with Gasteiger partial charge in [0.05, 0.1) is 33.9 Å². The highest BCUT2D eigenvalue weighted by Crippen LogP contribution is 2.41. The second kappa shape index (κ2) is 11.3. The van der Waals surface area contributed by atoms with Gasteiger partial charge < -0.3 is 20.5 Å². The summed E-state index contributed by atoms with van der Waals surface area (Å²) in [6.07, 6.45) is -1.07. The maximum atomic E-state index is 14.0. The minimum Gasteiger partial charge on any atom is -0.368 e. The largest absolute Gasteiger partial charge is 0.417 e. The lowest BCUT2D eigenvalue weighted by molar-refractivity contribution is -0.137. The number of likely N-dealkylation sites (N-methyl/N-ethyl adjacent to an activating group) is 1. The molecule has 13 heteroatoms. The number of hydrogen-bond donors (Lipinski definition) is 3. The molecule has 2 aliphatic rings. The Morgan fingerprint density at radius 3 is 2.46 bits per heavy atom. The van der Waals surface area contributed by atoms with Crippen molar-refractivity contribution in [2.24, 2.45) is 7.05 Å². The van der Waals surface area contributed by atoms with E-state index >= 15 is 0 Å². The number of hydrogen-bond acceptors (Lipinski definition) is 7. The summed E-state index contributed by atoms with van der Waals surface area (Å²) in [5, 5.41) is 8.42. The van der Waals surface area contributed by atoms with Gasteiger partial charge in [0.1, 0.15) is 0 Å². The minimum atomic E-state index is -4.71. The number of carbonyl (C=O) groups is 1. The van der Waals surface area contributed by atoms with E-state index in [2.05, 4.69) is 26.3 Å². The van der Waals surface area contributed by atoms with Crippen LogP contribution in [0.5, 0.6) is 0 Å². The van der Waals surface area contributed by atoms with Gasteiger partial charge in [-0.25, -0.2) is 0 Å². The topological polar surface area (TPSA) is 80.7 Å². The monoisotopic (exact) mass is 588 g/mol. The molecule has 0 atom stereocenters. The number of piperazine rings is 1. The summed E-state index contributed by atoms with van der Waals surface area (Å²) in [5.41, 5.74) is 10.1. The average Bonchev–Trinajstić information content (AvgIpc) is 3.55. The number of nitrogens with zero attached hydrogens (tertiary/aromatic N) is 5. The Bertz CT molecular complexity index is 1490. The van der Waals surface area contributed by atoms with Crippen LogP contribution in [0.3, 0.4) is 0 Å². The van der Waals surface area contributed by atoms with Crippen molar-refractivity contribution in [3.05, 3.63) is 75.7 Å². The molecule has 3 aromatic rings. The molecule has 3 heterocycles. The number of hydrazine groups is 2. The second-order valence-corrected chi connectivity index (χ2v) is 10.5. The number of aromatic nitrogens is 2. The molecule has 1 aromatic heterocycles. The van der Waals surface area contributed by atoms with Gasteiger partial charge in [-0.3, -0.25) is 14.5 Å². The number of nitrogens with one attached hydrogen (secondary N) is 3. The minimum absolute atomic E-state index is 0.119. The number of carbonyl (C=O) groups excluding carboxylic acids is 1. The maximum Gasteiger partial charge on any atom is 0.417 e. The molecule has 1 saturated heterocycles. The van der Waals surface area contributed by atoms with Gasteiger partial charge in [-0.1, -0.05) is 24.6 Å². The van der Waals surface area contributed by atoms with Crippen LogP contribution < -0.4 is 26.2 Å². The predicted octanol–water partition coefficient (Wildman–Crippen LogP) is 4.93. The van der Waals surface area contributed by atoms with Crippen LogP contribution in [0.25, 0.3) is 5.70 Å². The molecule has 218 valence electrons. The molecule has 0 unspecified atom stereocenters. The number of anilines is 3. The number of halogens is 4. The predicted molar refractivity (Wildman–Crippen MR) is 155 cm³/mol. The fourth-order valence-electron chi connectivity index (χ4n) is 4.98. The smallest absolute Gasteiger partial charge is 0.368 e. The van der Waals surface area contributed by atoms with Gasteiger partial charge in [-0.05, 0) is 50.2 Å². The highest BCUT2D eigenvalue weighted by Gasteiger charge is 2.36. The van der Waals surface area contributed by atoms with Crippen molar-refractivity contribution < 1.29 is 18.0 Å². The van der Waals surface area contributed by atoms with E-state index in [1.807, 2.05) is 45.0 Å². The van der Waals surface area contributed by atoms with Gasteiger partial charge in [0, 0.05) is 61.9 Å². The molecule has 41 heavy (non-hydrogen) atoms. The fourth-order valence-corrected chi connectivity index (χ4v) is 5.31. The lowest BCUT2D eigenvalue weighted by atomic mass is 10.1. The standard InChI is InChI=1S/C28H32ClF3N8O/c1-5-38-8-10-39(11-9-38)25-13-19(12-22(26(25)29)28(30,31)32)27(41)34-20-7-6-17(2)24(14-20)40-16-23(35-36-40)21-15-33-37(4)18(21)3/h6-7,12-16,35-36H,5,8-11H2,1-4H3,(H,34,41). The summed E-state index contributed by atoms with van der Waals surface area (Å²) in [5.74, 6) is -0.662. The fraction of sp³-hybridized carbons (Fsp3) is 0.357. The third-order valence-electron chi connectivity index (χ3n) is 7.60. The van der Waals surface area contributed by atoms with Crippen molar-refractivity contribution in [3.63, 3.8) is 0 Å². The molecule has 3 N–H and O–H groups in total. The maximum absolute atomic E-state index is 14.0. The van der Waals surface area contributed by atoms with E-state index in [4.69, 9.17) is 11.6 Å². The molecule has 1 fully saturated rings. The number of amides is 1. The Hall–Kier alpha value is -3.74. The first-order valence-electron chi connectivity index (χ1n) is 13.3. The first-order chi connectivity index (χ1) is 19.5. The molecular formula is C28H32ClF3N8O. The SMILES string of the molecule is CCN1CCN(c2cc(C(=O)Nc3ccc(C)c(N4C=C(c5cnn(C)c5C)NN4)c3)cc(C(F)(F)F)c2Cl)CC1. The van der Waals surface area contributed by atoms with E-state index in [0.717, 1.165) is 40.8 Å². The Labute approximate surface area is 241 Å². The zero-order valence-electron chi connectivity index (χ0n) is 23.2. The Morgan fingerprint density at radius 1 is 1.10 bits per heavy atom. The number of alkyl halides is 3. The number of rotatable bonds is 6. The van der Waals surface area contributed by atoms with Gasteiger partial charge in [-0.15, -0.1) is 5.53 Å². The molecule has 9 nitrogen and oxygen atoms in total. The molecule has 0 radical (unpaired) electrons. The Kier molecular flexibility index (Phi) is 7.91. The zero-order chi connectivity index (χ0) is 29.5. The number of benzene rings is 2. The van der Waals surface area contributed by atoms with E-state index in [9.17, 15) is 18.0 Å². The normalized spacial score (nSPS) is 16.1. The molecular weight excluding hydrogens is 557 g/mol. The summed E-state index contributed by atoms with van der Waals surface area (Å²) in [6.45, 7) is 9.22. The van der Waals surface area contributed by atoms with Crippen LogP contribution in [0.15, 0.2) is 42.7 Å². The molecule has 2 aliphatic heterocycles. The van der Waals surface area contributed by atoms with E-state index in [1.54, 1.807) is 28.0 Å². The van der Waals surface area contributed by atoms with Gasteiger partial charge in [0.15, 0.2) is 0 Å². The Balaban J connectivity index is 1.41. The molecule has 0 aliphatic carbocycles. The first kappa shape index (κ1) is 28.8. The summed E-state index contributed by atoms with van der Waals surface area (Å²) >= 11 is 6.28. The molecule has 5 rings (SSSR count). The highest BCUT2D eigenvalue weighted by atomic mass is 35.5. The van der Waals surface area contributed by atoms with Crippen molar-refractivity contribution in [3.8, 4) is 0 Å². The van der Waals surface area contributed by atoms with E-state index in [-0.39, 0.29) is 11.3 Å². The molecule has 0 spiro atoms. The van der Waals surface area contributed by atoms with Crippen molar-refractivity contribution in [1.82, 2.24) is 25.6 Å². The van der Waals surface area contributed by atoms with Crippen LogP contribution in [0.1, 0.15) is 39.7 Å². The molecule has 1 amide bonds. The molecule has 2 aromatic carbocycles. The Morgan fingerprint density at radius 2 is 1.83 bits per heavy atom. The molecule has 0 bridgehead atoms. The van der Waals surface area contributed by atoms with Crippen LogP contribution in [-0.4, -0.2) is 53.3 Å². The van der Waals surface area contributed by atoms with Crippen LogP contribution in [-0.2, 0) is 13.2 Å². The number of aryl methyl sites for hydroxylation is 2. The van der Waals surface area contributed by atoms with E-state index in [1.165, 1.54) is 6.07 Å². The van der Waals surface area contributed by atoms with E-state index in [0.29, 0.717) is 31.9 Å². The summed E-state index contributed by atoms with van der Waals surface area (Å²) in [6, 6.07) is 7.55. The van der Waals surface area contributed by atoms with Gasteiger partial charge in [0.25, 0.3) is 5.91 Å². The average molecular weight is 589 g/mol. The van der Waals surface area contributed by atoms with Crippen molar-refractivity contribution >= 4 is 40.3 Å². The summed E-state index contributed by atoms with van der Waals surface area (Å²) in [7, 11) is 1.86.